The van der Waals surface area contributed by atoms with E-state index < -0.39 is 11.9 Å². The number of halogens is 2. The molecule has 56 heavy (non-hydrogen) atoms. The molecule has 0 N–H and O–H groups in total. The van der Waals surface area contributed by atoms with E-state index >= 15 is 0 Å². The maximum atomic E-state index is 13.2. The number of carbonyl (C=O) groups excluding carboxylic acids is 2. The summed E-state index contributed by atoms with van der Waals surface area (Å²) in [6.45, 7) is 13.4. The first-order valence-electron chi connectivity index (χ1n) is 20.5. The summed E-state index contributed by atoms with van der Waals surface area (Å²) in [6.07, 6.45) is 17.1. The van der Waals surface area contributed by atoms with Crippen LogP contribution in [-0.2, 0) is 0 Å². The average Bonchev–Trinajstić information content (AvgIpc) is 3.19. The monoisotopic (exact) mass is 802 g/mol. The van der Waals surface area contributed by atoms with Gasteiger partial charge in [-0.2, -0.15) is 0 Å². The Morgan fingerprint density at radius 3 is 1.14 bits per heavy atom. The van der Waals surface area contributed by atoms with Gasteiger partial charge >= 0.3 is 11.9 Å². The van der Waals surface area contributed by atoms with E-state index in [4.69, 9.17) is 42.1 Å². The molecule has 0 fully saturated rings. The summed E-state index contributed by atoms with van der Waals surface area (Å²) in [6, 6.07) is 17.5. The molecule has 0 aliphatic rings. The second-order valence-corrected chi connectivity index (χ2v) is 15.5. The van der Waals surface area contributed by atoms with Gasteiger partial charge < -0.3 is 18.9 Å². The van der Waals surface area contributed by atoms with Gasteiger partial charge in [-0.1, -0.05) is 114 Å². The second-order valence-electron chi connectivity index (χ2n) is 14.8. The lowest BCUT2D eigenvalue weighted by molar-refractivity contribution is 0.0725. The lowest BCUT2D eigenvalue weighted by Gasteiger charge is -2.21. The highest BCUT2D eigenvalue weighted by molar-refractivity contribution is 6.34. The van der Waals surface area contributed by atoms with E-state index in [9.17, 15) is 9.59 Å². The van der Waals surface area contributed by atoms with Crippen molar-refractivity contribution in [2.24, 2.45) is 0 Å². The van der Waals surface area contributed by atoms with Crippen LogP contribution < -0.4 is 18.9 Å². The molecule has 4 rings (SSSR count). The highest BCUT2D eigenvalue weighted by atomic mass is 35.5. The zero-order valence-corrected chi connectivity index (χ0v) is 35.8. The van der Waals surface area contributed by atoms with Crippen molar-refractivity contribution in [2.75, 3.05) is 13.2 Å². The van der Waals surface area contributed by atoms with Crippen LogP contribution in [0.1, 0.15) is 147 Å². The zero-order valence-electron chi connectivity index (χ0n) is 34.3. The van der Waals surface area contributed by atoms with Gasteiger partial charge in [0.1, 0.15) is 23.0 Å². The molecule has 4 aromatic rings. The summed E-state index contributed by atoms with van der Waals surface area (Å²) in [5, 5.41) is 0.655. The third-order valence-electron chi connectivity index (χ3n) is 10.2. The molecule has 0 saturated heterocycles. The first kappa shape index (κ1) is 44.7. The minimum absolute atomic E-state index is 0.274. The Morgan fingerprint density at radius 1 is 0.482 bits per heavy atom. The van der Waals surface area contributed by atoms with E-state index in [2.05, 4.69) is 13.8 Å². The molecule has 0 saturated carbocycles. The molecule has 4 aromatic carbocycles. The topological polar surface area (TPSA) is 71.1 Å². The van der Waals surface area contributed by atoms with Crippen LogP contribution in [0.15, 0.2) is 60.7 Å². The molecule has 0 heterocycles. The minimum Gasteiger partial charge on any atom is -0.494 e. The van der Waals surface area contributed by atoms with E-state index in [-0.39, 0.29) is 11.5 Å². The van der Waals surface area contributed by atoms with Crippen molar-refractivity contribution in [2.45, 2.75) is 131 Å². The highest BCUT2D eigenvalue weighted by Crippen LogP contribution is 2.44. The largest absolute Gasteiger partial charge is 0.494 e. The summed E-state index contributed by atoms with van der Waals surface area (Å²) in [5.74, 6) is 0.973. The van der Waals surface area contributed by atoms with Crippen LogP contribution in [-0.4, -0.2) is 25.2 Å². The molecular formula is C48H60Cl2O6. The molecule has 0 aromatic heterocycles. The molecule has 0 radical (unpaired) electrons. The molecule has 0 aliphatic heterocycles. The fourth-order valence-corrected chi connectivity index (χ4v) is 7.33. The number of ether oxygens (including phenoxy) is 4. The Bertz CT molecular complexity index is 1730. The maximum Gasteiger partial charge on any atom is 0.343 e. The predicted octanol–water partition coefficient (Wildman–Crippen LogP) is 14.6. The average molecular weight is 804 g/mol. The molecular weight excluding hydrogens is 743 g/mol. The predicted molar refractivity (Wildman–Crippen MR) is 231 cm³/mol. The van der Waals surface area contributed by atoms with Crippen molar-refractivity contribution >= 4 is 35.1 Å². The van der Waals surface area contributed by atoms with Crippen molar-refractivity contribution in [3.63, 3.8) is 0 Å². The lowest BCUT2D eigenvalue weighted by Crippen LogP contribution is -2.10. The van der Waals surface area contributed by atoms with Crippen LogP contribution in [0, 0.1) is 27.7 Å². The Labute approximate surface area is 345 Å². The van der Waals surface area contributed by atoms with Crippen LogP contribution in [0.4, 0.5) is 0 Å². The number of rotatable bonds is 23. The molecule has 0 atom stereocenters. The summed E-state index contributed by atoms with van der Waals surface area (Å²) in [4.78, 5) is 26.3. The van der Waals surface area contributed by atoms with Crippen molar-refractivity contribution in [3.05, 3.63) is 104 Å². The summed E-state index contributed by atoms with van der Waals surface area (Å²) < 4.78 is 23.4. The summed E-state index contributed by atoms with van der Waals surface area (Å²) >= 11 is 13.7. The quantitative estimate of drug-likeness (QED) is 0.0422. The van der Waals surface area contributed by atoms with Crippen LogP contribution >= 0.6 is 23.2 Å². The molecule has 8 heteroatoms. The molecule has 0 amide bonds. The van der Waals surface area contributed by atoms with Crippen molar-refractivity contribution in [1.29, 1.82) is 0 Å². The number of benzene rings is 4. The van der Waals surface area contributed by atoms with Gasteiger partial charge in [-0.05, 0) is 135 Å². The van der Waals surface area contributed by atoms with Crippen molar-refractivity contribution < 1.29 is 28.5 Å². The number of carbonyl (C=O) groups is 2. The van der Waals surface area contributed by atoms with Gasteiger partial charge in [-0.25, -0.2) is 9.59 Å². The highest BCUT2D eigenvalue weighted by Gasteiger charge is 2.23. The standard InChI is InChI=1S/C48H60Cl2O6/c1-7-9-11-13-15-17-19-29-53-39-25-21-37(22-26-39)47(51)55-41-31-33(3)43(35(5)45(41)49)44-34(4)32-42(46(50)36(44)6)56-48(52)38-23-27-40(28-24-38)54-30-20-18-16-14-12-10-8-2/h21-28,31-32H,7-20,29-30H2,1-6H3. The van der Waals surface area contributed by atoms with Gasteiger partial charge in [0.05, 0.1) is 34.4 Å². The lowest BCUT2D eigenvalue weighted by atomic mass is 9.89. The molecule has 6 nitrogen and oxygen atoms in total. The van der Waals surface area contributed by atoms with E-state index in [1.807, 2.05) is 27.7 Å². The number of unbranched alkanes of at least 4 members (excludes halogenated alkanes) is 12. The molecule has 0 spiro atoms. The Balaban J connectivity index is 1.36. The van der Waals surface area contributed by atoms with E-state index in [1.54, 1.807) is 60.7 Å². The SMILES string of the molecule is CCCCCCCCCOc1ccc(C(=O)Oc2cc(C)c(-c3c(C)cc(OC(=O)c4ccc(OCCCCCCCCC)cc4)c(Cl)c3C)c(C)c2Cl)cc1. The fourth-order valence-electron chi connectivity index (χ4n) is 6.95. The summed E-state index contributed by atoms with van der Waals surface area (Å²) in [7, 11) is 0. The number of hydrogen-bond donors (Lipinski definition) is 0. The van der Waals surface area contributed by atoms with Crippen LogP contribution in [0.5, 0.6) is 23.0 Å². The Hall–Kier alpha value is -4.00. The fraction of sp³-hybridized carbons (Fsp3) is 0.458. The first-order chi connectivity index (χ1) is 27.0. The summed E-state index contributed by atoms with van der Waals surface area (Å²) in [5.41, 5.74) is 5.73. The molecule has 0 unspecified atom stereocenters. The Kier molecular flexibility index (Phi) is 18.6. The van der Waals surface area contributed by atoms with Crippen molar-refractivity contribution in [1.82, 2.24) is 0 Å². The van der Waals surface area contributed by atoms with Crippen LogP contribution in [0.3, 0.4) is 0 Å². The van der Waals surface area contributed by atoms with Crippen LogP contribution in [0.2, 0.25) is 10.0 Å². The smallest absolute Gasteiger partial charge is 0.343 e. The normalized spacial score (nSPS) is 11.1. The van der Waals surface area contributed by atoms with Gasteiger partial charge in [-0.3, -0.25) is 0 Å². The van der Waals surface area contributed by atoms with Gasteiger partial charge in [0, 0.05) is 0 Å². The third-order valence-corrected chi connectivity index (χ3v) is 11.1. The zero-order chi connectivity index (χ0) is 40.5. The molecule has 0 aliphatic carbocycles. The van der Waals surface area contributed by atoms with Gasteiger partial charge in [0.25, 0.3) is 0 Å². The first-order valence-corrected chi connectivity index (χ1v) is 21.3. The van der Waals surface area contributed by atoms with Crippen LogP contribution in [0.25, 0.3) is 11.1 Å². The molecule has 302 valence electrons. The second kappa shape index (κ2) is 23.3. The van der Waals surface area contributed by atoms with E-state index in [1.165, 1.54) is 64.2 Å². The van der Waals surface area contributed by atoms with E-state index in [0.717, 1.165) is 70.6 Å². The third kappa shape index (κ3) is 13.0. The minimum atomic E-state index is -0.510. The number of esters is 2. The maximum absolute atomic E-state index is 13.2. The van der Waals surface area contributed by atoms with Gasteiger partial charge in [0.15, 0.2) is 0 Å². The van der Waals surface area contributed by atoms with Gasteiger partial charge in [-0.15, -0.1) is 0 Å². The van der Waals surface area contributed by atoms with Gasteiger partial charge in [0.2, 0.25) is 0 Å². The number of hydrogen-bond acceptors (Lipinski definition) is 6. The number of aryl methyl sites for hydroxylation is 2. The van der Waals surface area contributed by atoms with E-state index in [0.29, 0.717) is 34.4 Å². The molecule has 0 bridgehead atoms. The van der Waals surface area contributed by atoms with Crippen molar-refractivity contribution in [3.8, 4) is 34.1 Å². The Morgan fingerprint density at radius 2 is 0.804 bits per heavy atom.